The maximum atomic E-state index is 14.1. The Bertz CT molecular complexity index is 1790. The van der Waals surface area contributed by atoms with Crippen LogP contribution >= 0.6 is 0 Å². The zero-order chi connectivity index (χ0) is 31.9. The molecule has 4 aliphatic rings. The summed E-state index contributed by atoms with van der Waals surface area (Å²) in [6.07, 6.45) is 4.68. The number of carbonyl (C=O) groups excluding carboxylic acids is 3. The number of hydrogen-bond donors (Lipinski definition) is 0. The highest BCUT2D eigenvalue weighted by atomic mass is 19.1. The molecule has 12 heteroatoms. The van der Waals surface area contributed by atoms with Crippen LogP contribution in [0, 0.1) is 11.7 Å². The van der Waals surface area contributed by atoms with Crippen molar-refractivity contribution < 1.29 is 28.2 Å². The summed E-state index contributed by atoms with van der Waals surface area (Å²) in [5.74, 6) is -0.797. The standard InChI is InChI=1S/C34H31FN6O5/c1-45-25-13-9-20(10-14-25)17-22-5-3-8-27-29(22)37-41(31(27)21-11-15-26(46-2)16-12-21)28(42)19-39-32-30(36-38-39)33(43)40(34(32)44)24-7-4-6-23(35)18-24/h4,6-7,9-18,27,30-32H,3,5,8,19H2,1-2H3/b22-17-/t27-,30+,31+,32-/m1/s1. The van der Waals surface area contributed by atoms with Gasteiger partial charge in [0.15, 0.2) is 12.1 Å². The van der Waals surface area contributed by atoms with Crippen LogP contribution in [0.1, 0.15) is 36.4 Å². The molecule has 0 aromatic heterocycles. The third-order valence-electron chi connectivity index (χ3n) is 8.89. The third kappa shape index (κ3) is 5.09. The van der Waals surface area contributed by atoms with Gasteiger partial charge in [-0.05, 0) is 84.5 Å². The Morgan fingerprint density at radius 2 is 1.67 bits per heavy atom. The van der Waals surface area contributed by atoms with Gasteiger partial charge in [-0.3, -0.25) is 19.4 Å². The second-order valence-corrected chi connectivity index (χ2v) is 11.6. The summed E-state index contributed by atoms with van der Waals surface area (Å²) in [6.45, 7) is -0.325. The van der Waals surface area contributed by atoms with Crippen molar-refractivity contribution in [1.82, 2.24) is 10.0 Å². The van der Waals surface area contributed by atoms with Crippen LogP contribution in [0.5, 0.6) is 11.5 Å². The Morgan fingerprint density at radius 1 is 0.957 bits per heavy atom. The van der Waals surface area contributed by atoms with Crippen molar-refractivity contribution in [3.63, 3.8) is 0 Å². The van der Waals surface area contributed by atoms with Gasteiger partial charge in [-0.1, -0.05) is 35.6 Å². The fourth-order valence-corrected chi connectivity index (χ4v) is 6.68. The second kappa shape index (κ2) is 11.8. The molecule has 234 valence electrons. The molecule has 3 aliphatic heterocycles. The Morgan fingerprint density at radius 3 is 2.37 bits per heavy atom. The molecule has 0 radical (unpaired) electrons. The minimum Gasteiger partial charge on any atom is -0.497 e. The van der Waals surface area contributed by atoms with Crippen LogP contribution in [0.4, 0.5) is 10.1 Å². The van der Waals surface area contributed by atoms with E-state index in [2.05, 4.69) is 16.4 Å². The predicted molar refractivity (Wildman–Crippen MR) is 166 cm³/mol. The molecule has 3 aromatic rings. The van der Waals surface area contributed by atoms with Gasteiger partial charge < -0.3 is 9.47 Å². The molecule has 1 aliphatic carbocycles. The molecule has 3 amide bonds. The molecule has 3 aromatic carbocycles. The molecule has 46 heavy (non-hydrogen) atoms. The number of imide groups is 1. The summed E-state index contributed by atoms with van der Waals surface area (Å²) >= 11 is 0. The summed E-state index contributed by atoms with van der Waals surface area (Å²) in [6, 6.07) is 18.0. The number of fused-ring (bicyclic) bond motifs is 2. The number of nitrogens with zero attached hydrogens (tertiary/aromatic N) is 6. The fourth-order valence-electron chi connectivity index (χ4n) is 6.68. The van der Waals surface area contributed by atoms with Crippen molar-refractivity contribution in [3.05, 3.63) is 95.3 Å². The Hall–Kier alpha value is -5.39. The number of amides is 3. The van der Waals surface area contributed by atoms with Crippen molar-refractivity contribution in [2.24, 2.45) is 21.4 Å². The van der Waals surface area contributed by atoms with Gasteiger partial charge in [-0.25, -0.2) is 14.3 Å². The van der Waals surface area contributed by atoms with Crippen molar-refractivity contribution in [3.8, 4) is 11.5 Å². The van der Waals surface area contributed by atoms with Gasteiger partial charge in [-0.15, -0.1) is 0 Å². The average Bonchev–Trinajstić information content (AvgIpc) is 3.74. The molecule has 11 nitrogen and oxygen atoms in total. The van der Waals surface area contributed by atoms with Gasteiger partial charge in [0.25, 0.3) is 17.7 Å². The first kappa shape index (κ1) is 29.3. The minimum absolute atomic E-state index is 0.0540. The fraction of sp³-hybridized carbons (Fsp3) is 0.294. The zero-order valence-electron chi connectivity index (χ0n) is 25.2. The predicted octanol–water partition coefficient (Wildman–Crippen LogP) is 4.96. The van der Waals surface area contributed by atoms with E-state index in [4.69, 9.17) is 14.6 Å². The Balaban J connectivity index is 1.19. The lowest BCUT2D eigenvalue weighted by Crippen LogP contribution is -2.45. The molecular formula is C34H31FN6O5. The summed E-state index contributed by atoms with van der Waals surface area (Å²) in [5, 5.41) is 15.8. The van der Waals surface area contributed by atoms with Crippen LogP contribution in [0.3, 0.4) is 0 Å². The lowest BCUT2D eigenvalue weighted by Gasteiger charge is -2.30. The molecule has 4 atom stereocenters. The maximum absolute atomic E-state index is 14.1. The number of rotatable bonds is 7. The summed E-state index contributed by atoms with van der Waals surface area (Å²) in [5.41, 5.74) is 3.91. The van der Waals surface area contributed by atoms with E-state index in [1.54, 1.807) is 14.2 Å². The topological polar surface area (TPSA) is 116 Å². The Labute approximate surface area is 264 Å². The normalized spacial score (nSPS) is 24.4. The van der Waals surface area contributed by atoms with Crippen LogP contribution < -0.4 is 14.4 Å². The van der Waals surface area contributed by atoms with E-state index in [0.29, 0.717) is 5.75 Å². The first-order valence-electron chi connectivity index (χ1n) is 15.1. The highest BCUT2D eigenvalue weighted by Crippen LogP contribution is 2.45. The monoisotopic (exact) mass is 622 g/mol. The van der Waals surface area contributed by atoms with Gasteiger partial charge >= 0.3 is 0 Å². The van der Waals surface area contributed by atoms with E-state index in [-0.39, 0.29) is 18.2 Å². The number of hydrogen-bond acceptors (Lipinski definition) is 9. The number of carbonyl (C=O) groups is 3. The lowest BCUT2D eigenvalue weighted by molar-refractivity contribution is -0.136. The molecule has 0 bridgehead atoms. The number of allylic oxidation sites excluding steroid dienone is 1. The number of hydrazone groups is 1. The van der Waals surface area contributed by atoms with Gasteiger partial charge in [0.1, 0.15) is 23.9 Å². The van der Waals surface area contributed by atoms with Crippen LogP contribution in [0.25, 0.3) is 6.08 Å². The first-order chi connectivity index (χ1) is 22.4. The molecule has 1 saturated heterocycles. The number of anilines is 1. The Kier molecular flexibility index (Phi) is 7.55. The molecule has 1 saturated carbocycles. The SMILES string of the molecule is COc1ccc(/C=C2/CCC[C@@H]3C2=NN(C(=O)CN2N=N[C@@H]4C(=O)N(c5cccc(F)c5)C(=O)[C@@H]42)[C@H]3c2ccc(OC)cc2)cc1. The van der Waals surface area contributed by atoms with E-state index in [1.165, 1.54) is 28.2 Å². The second-order valence-electron chi connectivity index (χ2n) is 11.6. The number of halogens is 1. The molecule has 0 spiro atoms. The maximum Gasteiger partial charge on any atom is 0.264 e. The van der Waals surface area contributed by atoms with Crippen LogP contribution in [-0.2, 0) is 14.4 Å². The van der Waals surface area contributed by atoms with Crippen molar-refractivity contribution in [2.45, 2.75) is 37.4 Å². The highest BCUT2D eigenvalue weighted by Gasteiger charge is 2.55. The number of methoxy groups -OCH3 is 2. The largest absolute Gasteiger partial charge is 0.497 e. The van der Waals surface area contributed by atoms with Gasteiger partial charge in [0, 0.05) is 5.92 Å². The first-order valence-corrected chi connectivity index (χ1v) is 15.1. The van der Waals surface area contributed by atoms with Crippen LogP contribution in [-0.4, -0.2) is 66.3 Å². The molecular weight excluding hydrogens is 591 g/mol. The lowest BCUT2D eigenvalue weighted by atomic mass is 9.77. The number of benzene rings is 3. The van der Waals surface area contributed by atoms with E-state index in [0.717, 1.165) is 58.4 Å². The van der Waals surface area contributed by atoms with E-state index < -0.39 is 41.7 Å². The molecule has 0 N–H and O–H groups in total. The molecule has 2 fully saturated rings. The number of ether oxygens (including phenoxy) is 2. The van der Waals surface area contributed by atoms with Gasteiger partial charge in [0.2, 0.25) is 0 Å². The van der Waals surface area contributed by atoms with Gasteiger partial charge in [-0.2, -0.15) is 10.2 Å². The third-order valence-corrected chi connectivity index (χ3v) is 8.89. The zero-order valence-corrected chi connectivity index (χ0v) is 25.2. The van der Waals surface area contributed by atoms with Crippen LogP contribution in [0.2, 0.25) is 0 Å². The molecule has 0 unspecified atom stereocenters. The summed E-state index contributed by atoms with van der Waals surface area (Å²) < 4.78 is 24.6. The average molecular weight is 623 g/mol. The summed E-state index contributed by atoms with van der Waals surface area (Å²) in [7, 11) is 3.23. The van der Waals surface area contributed by atoms with Crippen molar-refractivity contribution in [2.75, 3.05) is 25.7 Å². The highest BCUT2D eigenvalue weighted by molar-refractivity contribution is 6.25. The van der Waals surface area contributed by atoms with E-state index in [9.17, 15) is 18.8 Å². The quantitative estimate of drug-likeness (QED) is 0.344. The smallest absolute Gasteiger partial charge is 0.264 e. The van der Waals surface area contributed by atoms with Crippen molar-refractivity contribution >= 4 is 35.2 Å². The van der Waals surface area contributed by atoms with E-state index >= 15 is 0 Å². The van der Waals surface area contributed by atoms with Crippen molar-refractivity contribution in [1.29, 1.82) is 0 Å². The summed E-state index contributed by atoms with van der Waals surface area (Å²) in [4.78, 5) is 41.6. The minimum atomic E-state index is -1.12. The van der Waals surface area contributed by atoms with E-state index in [1.807, 2.05) is 48.5 Å². The van der Waals surface area contributed by atoms with Gasteiger partial charge in [0.05, 0.1) is 31.7 Å². The van der Waals surface area contributed by atoms with Crippen LogP contribution in [0.15, 0.2) is 93.8 Å². The molecule has 7 rings (SSSR count). The molecule has 3 heterocycles.